The second-order valence-corrected chi connectivity index (χ2v) is 9.50. The van der Waals surface area contributed by atoms with E-state index in [2.05, 4.69) is 93.9 Å². The minimum atomic E-state index is -0.353. The minimum absolute atomic E-state index is 0.0336. The van der Waals surface area contributed by atoms with Crippen LogP contribution in [0, 0.1) is 0 Å². The van der Waals surface area contributed by atoms with Gasteiger partial charge in [-0.2, -0.15) is 0 Å². The summed E-state index contributed by atoms with van der Waals surface area (Å²) in [6.45, 7) is 13.0. The lowest BCUT2D eigenvalue weighted by molar-refractivity contribution is 0.00578. The van der Waals surface area contributed by atoms with Gasteiger partial charge in [0.15, 0.2) is 0 Å². The van der Waals surface area contributed by atoms with Crippen molar-refractivity contribution in [1.82, 2.24) is 0 Å². The van der Waals surface area contributed by atoms with E-state index in [9.17, 15) is 0 Å². The van der Waals surface area contributed by atoms with E-state index in [1.807, 2.05) is 0 Å². The average molecular weight is 399 g/mol. The van der Waals surface area contributed by atoms with E-state index in [-0.39, 0.29) is 23.7 Å². The van der Waals surface area contributed by atoms with Gasteiger partial charge in [-0.1, -0.05) is 60.1 Å². The summed E-state index contributed by atoms with van der Waals surface area (Å²) >= 11 is 3.77. The number of halogens is 1. The molecular weight excluding hydrogens is 375 g/mol. The predicted molar refractivity (Wildman–Crippen MR) is 107 cm³/mol. The van der Waals surface area contributed by atoms with Crippen LogP contribution in [-0.2, 0) is 14.7 Å². The second-order valence-electron chi connectivity index (χ2n) is 8.65. The van der Waals surface area contributed by atoms with E-state index in [0.29, 0.717) is 0 Å². The molecule has 0 amide bonds. The van der Waals surface area contributed by atoms with E-state index >= 15 is 0 Å². The van der Waals surface area contributed by atoms with E-state index in [1.165, 1.54) is 22.3 Å². The number of rotatable bonds is 1. The molecule has 0 radical (unpaired) electrons. The van der Waals surface area contributed by atoms with Crippen LogP contribution < -0.4 is 5.46 Å². The van der Waals surface area contributed by atoms with Crippen LogP contribution in [0.15, 0.2) is 40.9 Å². The van der Waals surface area contributed by atoms with Crippen LogP contribution in [-0.4, -0.2) is 18.3 Å². The first-order chi connectivity index (χ1) is 11.6. The van der Waals surface area contributed by atoms with Crippen LogP contribution in [0.4, 0.5) is 0 Å². The van der Waals surface area contributed by atoms with Crippen molar-refractivity contribution in [2.45, 2.75) is 58.2 Å². The Kier molecular flexibility index (Phi) is 3.61. The molecule has 1 aliphatic carbocycles. The molecule has 0 saturated carbocycles. The SMILES string of the molecule is CC1(C)c2cccc(Br)c2-c2c(B3OC(C)(C)C(C)(C)O3)cccc21. The van der Waals surface area contributed by atoms with Gasteiger partial charge in [-0.3, -0.25) is 0 Å². The summed E-state index contributed by atoms with van der Waals surface area (Å²) < 4.78 is 13.8. The molecule has 1 saturated heterocycles. The number of hydrogen-bond donors (Lipinski definition) is 0. The topological polar surface area (TPSA) is 18.5 Å². The quantitative estimate of drug-likeness (QED) is 0.625. The molecule has 0 unspecified atom stereocenters. The number of benzene rings is 2. The van der Waals surface area contributed by atoms with Crippen molar-refractivity contribution in [3.63, 3.8) is 0 Å². The Morgan fingerprint density at radius 2 is 1.28 bits per heavy atom. The maximum absolute atomic E-state index is 6.36. The summed E-state index contributed by atoms with van der Waals surface area (Å²) in [5.74, 6) is 0. The van der Waals surface area contributed by atoms with E-state index in [0.717, 1.165) is 9.94 Å². The maximum atomic E-state index is 6.36. The largest absolute Gasteiger partial charge is 0.495 e. The fraction of sp³-hybridized carbons (Fsp3) is 0.429. The number of hydrogen-bond acceptors (Lipinski definition) is 2. The summed E-state index contributed by atoms with van der Waals surface area (Å²) in [6, 6.07) is 13.0. The van der Waals surface area contributed by atoms with Crippen LogP contribution in [0.25, 0.3) is 11.1 Å². The molecule has 1 aliphatic heterocycles. The summed E-state index contributed by atoms with van der Waals surface area (Å²) in [7, 11) is -0.353. The molecular formula is C21H24BBrO2. The maximum Gasteiger partial charge on any atom is 0.495 e. The Morgan fingerprint density at radius 1 is 0.760 bits per heavy atom. The molecule has 4 heteroatoms. The monoisotopic (exact) mass is 398 g/mol. The molecule has 2 nitrogen and oxygen atoms in total. The third-order valence-corrected chi connectivity index (χ3v) is 6.87. The lowest BCUT2D eigenvalue weighted by Crippen LogP contribution is -2.41. The molecule has 0 aromatic heterocycles. The predicted octanol–water partition coefficient (Wildman–Crippen LogP) is 5.05. The molecule has 0 spiro atoms. The molecule has 1 fully saturated rings. The number of fused-ring (bicyclic) bond motifs is 3. The molecule has 1 heterocycles. The van der Waals surface area contributed by atoms with E-state index < -0.39 is 0 Å². The van der Waals surface area contributed by atoms with Gasteiger partial charge in [-0.05, 0) is 61.5 Å². The van der Waals surface area contributed by atoms with Gasteiger partial charge in [-0.15, -0.1) is 0 Å². The lowest BCUT2D eigenvalue weighted by atomic mass is 9.73. The highest BCUT2D eigenvalue weighted by molar-refractivity contribution is 9.10. The van der Waals surface area contributed by atoms with Crippen LogP contribution in [0.5, 0.6) is 0 Å². The Balaban J connectivity index is 1.94. The molecule has 0 N–H and O–H groups in total. The molecule has 130 valence electrons. The zero-order chi connectivity index (χ0) is 18.2. The first-order valence-corrected chi connectivity index (χ1v) is 9.64. The zero-order valence-electron chi connectivity index (χ0n) is 15.7. The van der Waals surface area contributed by atoms with Crippen LogP contribution in [0.2, 0.25) is 0 Å². The highest BCUT2D eigenvalue weighted by Crippen LogP contribution is 2.51. The average Bonchev–Trinajstić information content (AvgIpc) is 2.88. The van der Waals surface area contributed by atoms with Crippen molar-refractivity contribution in [2.24, 2.45) is 0 Å². The summed E-state index contributed by atoms with van der Waals surface area (Å²) in [4.78, 5) is 0. The van der Waals surface area contributed by atoms with Crippen LogP contribution in [0.1, 0.15) is 52.7 Å². The highest BCUT2D eigenvalue weighted by Gasteiger charge is 2.53. The van der Waals surface area contributed by atoms with Crippen LogP contribution in [0.3, 0.4) is 0 Å². The molecule has 25 heavy (non-hydrogen) atoms. The summed E-state index contributed by atoms with van der Waals surface area (Å²) in [5.41, 5.74) is 5.61. The van der Waals surface area contributed by atoms with Crippen molar-refractivity contribution in [3.05, 3.63) is 52.0 Å². The normalized spacial score (nSPS) is 22.0. The molecule has 4 rings (SSSR count). The smallest absolute Gasteiger partial charge is 0.399 e. The third-order valence-electron chi connectivity index (χ3n) is 6.21. The Hall–Kier alpha value is -1.10. The Labute approximate surface area is 159 Å². The van der Waals surface area contributed by atoms with Gasteiger partial charge in [0.2, 0.25) is 0 Å². The molecule has 2 aromatic carbocycles. The molecule has 0 bridgehead atoms. The lowest BCUT2D eigenvalue weighted by Gasteiger charge is -2.32. The fourth-order valence-corrected chi connectivity index (χ4v) is 4.55. The molecule has 0 atom stereocenters. The van der Waals surface area contributed by atoms with Crippen molar-refractivity contribution < 1.29 is 9.31 Å². The van der Waals surface area contributed by atoms with Gasteiger partial charge in [0.25, 0.3) is 0 Å². The van der Waals surface area contributed by atoms with E-state index in [4.69, 9.17) is 9.31 Å². The summed E-state index contributed by atoms with van der Waals surface area (Å²) in [6.07, 6.45) is 0. The summed E-state index contributed by atoms with van der Waals surface area (Å²) in [5, 5.41) is 0. The first kappa shape index (κ1) is 17.3. The molecule has 2 aromatic rings. The van der Waals surface area contributed by atoms with Crippen molar-refractivity contribution in [3.8, 4) is 11.1 Å². The minimum Gasteiger partial charge on any atom is -0.399 e. The zero-order valence-corrected chi connectivity index (χ0v) is 17.3. The van der Waals surface area contributed by atoms with Crippen molar-refractivity contribution in [2.75, 3.05) is 0 Å². The Bertz CT molecular complexity index is 854. The first-order valence-electron chi connectivity index (χ1n) is 8.85. The third kappa shape index (κ3) is 2.30. The van der Waals surface area contributed by atoms with Gasteiger partial charge in [0.1, 0.15) is 0 Å². The fourth-order valence-electron chi connectivity index (χ4n) is 3.98. The van der Waals surface area contributed by atoms with Gasteiger partial charge < -0.3 is 9.31 Å². The van der Waals surface area contributed by atoms with Gasteiger partial charge in [0.05, 0.1) is 11.2 Å². The second kappa shape index (κ2) is 5.22. The van der Waals surface area contributed by atoms with Crippen molar-refractivity contribution >= 4 is 28.5 Å². The highest BCUT2D eigenvalue weighted by atomic mass is 79.9. The Morgan fingerprint density at radius 3 is 1.88 bits per heavy atom. The standard InChI is InChI=1S/C21H24BBrO2/c1-19(2)13-9-7-11-15(22-24-20(3,4)21(5,6)25-22)17(13)18-14(19)10-8-12-16(18)23/h7-12H,1-6H3. The van der Waals surface area contributed by atoms with Gasteiger partial charge >= 0.3 is 7.12 Å². The molecule has 2 aliphatic rings. The van der Waals surface area contributed by atoms with E-state index in [1.54, 1.807) is 0 Å². The van der Waals surface area contributed by atoms with Crippen molar-refractivity contribution in [1.29, 1.82) is 0 Å². The van der Waals surface area contributed by atoms with Crippen LogP contribution >= 0.6 is 15.9 Å². The van der Waals surface area contributed by atoms with Gasteiger partial charge in [-0.25, -0.2) is 0 Å². The van der Waals surface area contributed by atoms with Gasteiger partial charge in [0, 0.05) is 9.89 Å².